The molecule has 0 atom stereocenters. The molecular formula is C27H21ClF3IN2O3. The van der Waals surface area contributed by atoms with Gasteiger partial charge >= 0.3 is 6.18 Å². The first-order valence-electron chi connectivity index (χ1n) is 11.0. The molecule has 0 unspecified atom stereocenters. The number of ether oxygens (including phenoxy) is 2. The molecule has 3 aromatic rings. The fourth-order valence-corrected chi connectivity index (χ4v) is 4.24. The summed E-state index contributed by atoms with van der Waals surface area (Å²) in [6.07, 6.45) is -3.31. The van der Waals surface area contributed by atoms with E-state index in [1.165, 1.54) is 6.08 Å². The number of carbonyl (C=O) groups is 1. The molecule has 192 valence electrons. The van der Waals surface area contributed by atoms with E-state index in [2.05, 4.69) is 27.9 Å². The minimum Gasteiger partial charge on any atom is -0.490 e. The van der Waals surface area contributed by atoms with Crippen LogP contribution >= 0.6 is 34.2 Å². The first-order valence-corrected chi connectivity index (χ1v) is 12.4. The van der Waals surface area contributed by atoms with Crippen molar-refractivity contribution >= 4 is 51.9 Å². The molecule has 0 saturated heterocycles. The number of rotatable bonds is 8. The third-order valence-corrected chi connectivity index (χ3v) is 6.31. The molecule has 0 heterocycles. The average molecular weight is 641 g/mol. The molecule has 0 aromatic heterocycles. The van der Waals surface area contributed by atoms with Crippen molar-refractivity contribution in [3.8, 4) is 17.6 Å². The van der Waals surface area contributed by atoms with E-state index in [1.54, 1.807) is 18.2 Å². The van der Waals surface area contributed by atoms with Crippen LogP contribution in [0.5, 0.6) is 11.5 Å². The molecular weight excluding hydrogens is 620 g/mol. The lowest BCUT2D eigenvalue weighted by Gasteiger charge is -2.16. The Hall–Kier alpha value is -3.23. The summed E-state index contributed by atoms with van der Waals surface area (Å²) in [5.41, 5.74) is 0.999. The molecule has 3 rings (SSSR count). The summed E-state index contributed by atoms with van der Waals surface area (Å²) >= 11 is 8.03. The summed E-state index contributed by atoms with van der Waals surface area (Å²) in [6, 6.07) is 15.5. The van der Waals surface area contributed by atoms with E-state index in [0.29, 0.717) is 39.9 Å². The number of alkyl halides is 3. The highest BCUT2D eigenvalue weighted by molar-refractivity contribution is 14.1. The smallest absolute Gasteiger partial charge is 0.416 e. The van der Waals surface area contributed by atoms with Crippen LogP contribution in [0.2, 0.25) is 5.02 Å². The number of hydrogen-bond donors (Lipinski definition) is 1. The molecule has 0 aliphatic heterocycles. The minimum absolute atomic E-state index is 0.0954. The highest BCUT2D eigenvalue weighted by atomic mass is 127. The van der Waals surface area contributed by atoms with Crippen LogP contribution in [0.1, 0.15) is 29.2 Å². The third kappa shape index (κ3) is 7.40. The second-order valence-corrected chi connectivity index (χ2v) is 9.36. The van der Waals surface area contributed by atoms with Crippen LogP contribution in [0.25, 0.3) is 6.08 Å². The highest BCUT2D eigenvalue weighted by Gasteiger charge is 2.31. The molecule has 1 N–H and O–H groups in total. The van der Waals surface area contributed by atoms with Gasteiger partial charge in [-0.2, -0.15) is 18.4 Å². The summed E-state index contributed by atoms with van der Waals surface area (Å²) < 4.78 is 51.6. The monoisotopic (exact) mass is 640 g/mol. The standard InChI is InChI=1S/C27H21ClF3IN2O3/c1-3-36-24-12-17(11-22(32)25(24)37-15-18-7-5-4-6-16(18)2)10-19(14-33)26(35)34-23-13-20(27(29,30)31)8-9-21(23)28/h4-13H,3,15H2,1-2H3,(H,34,35)/b19-10+. The van der Waals surface area contributed by atoms with Gasteiger partial charge in [-0.3, -0.25) is 4.79 Å². The maximum atomic E-state index is 13.0. The van der Waals surface area contributed by atoms with E-state index in [9.17, 15) is 23.2 Å². The van der Waals surface area contributed by atoms with Crippen molar-refractivity contribution in [3.63, 3.8) is 0 Å². The lowest BCUT2D eigenvalue weighted by atomic mass is 10.1. The van der Waals surface area contributed by atoms with Gasteiger partial charge in [0.05, 0.1) is 26.5 Å². The number of halogens is 5. The van der Waals surface area contributed by atoms with E-state index < -0.39 is 17.6 Å². The van der Waals surface area contributed by atoms with Crippen molar-refractivity contribution in [3.05, 3.63) is 91.0 Å². The van der Waals surface area contributed by atoms with Gasteiger partial charge in [0.25, 0.3) is 5.91 Å². The van der Waals surface area contributed by atoms with Crippen LogP contribution in [0.3, 0.4) is 0 Å². The van der Waals surface area contributed by atoms with Gasteiger partial charge in [0.2, 0.25) is 0 Å². The number of nitrogens with one attached hydrogen (secondary N) is 1. The van der Waals surface area contributed by atoms with Crippen molar-refractivity contribution in [2.45, 2.75) is 26.6 Å². The summed E-state index contributed by atoms with van der Waals surface area (Å²) in [6.45, 7) is 4.47. The quantitative estimate of drug-likeness (QED) is 0.155. The van der Waals surface area contributed by atoms with Crippen LogP contribution in [0.4, 0.5) is 18.9 Å². The molecule has 0 radical (unpaired) electrons. The van der Waals surface area contributed by atoms with Crippen molar-refractivity contribution in [1.82, 2.24) is 0 Å². The lowest BCUT2D eigenvalue weighted by molar-refractivity contribution is -0.137. The van der Waals surface area contributed by atoms with Crippen molar-refractivity contribution in [1.29, 1.82) is 5.26 Å². The molecule has 0 fully saturated rings. The van der Waals surface area contributed by atoms with E-state index in [4.69, 9.17) is 21.1 Å². The van der Waals surface area contributed by atoms with Crippen LogP contribution in [0.15, 0.2) is 60.2 Å². The Morgan fingerprint density at radius 3 is 2.54 bits per heavy atom. The van der Waals surface area contributed by atoms with Gasteiger partial charge in [0.15, 0.2) is 11.5 Å². The molecule has 3 aromatic carbocycles. The Balaban J connectivity index is 1.88. The molecule has 0 aliphatic rings. The zero-order valence-corrected chi connectivity index (χ0v) is 22.7. The van der Waals surface area contributed by atoms with Crippen LogP contribution in [-0.4, -0.2) is 12.5 Å². The molecule has 0 bridgehead atoms. The zero-order valence-electron chi connectivity index (χ0n) is 19.7. The Labute approximate surface area is 231 Å². The van der Waals surface area contributed by atoms with Gasteiger partial charge in [-0.15, -0.1) is 0 Å². The van der Waals surface area contributed by atoms with Gasteiger partial charge < -0.3 is 14.8 Å². The number of aryl methyl sites for hydroxylation is 1. The first-order chi connectivity index (χ1) is 17.5. The molecule has 1 amide bonds. The van der Waals surface area contributed by atoms with Crippen molar-refractivity contribution in [2.75, 3.05) is 11.9 Å². The molecule has 37 heavy (non-hydrogen) atoms. The third-order valence-electron chi connectivity index (χ3n) is 5.18. The van der Waals surface area contributed by atoms with Gasteiger partial charge in [-0.1, -0.05) is 35.9 Å². The van der Waals surface area contributed by atoms with Gasteiger partial charge in [0.1, 0.15) is 18.2 Å². The van der Waals surface area contributed by atoms with Crippen LogP contribution in [-0.2, 0) is 17.6 Å². The van der Waals surface area contributed by atoms with Crippen molar-refractivity contribution < 1.29 is 27.4 Å². The fraction of sp³-hybridized carbons (Fsp3) is 0.185. The SMILES string of the molecule is CCOc1cc(/C=C(\C#N)C(=O)Nc2cc(C(F)(F)F)ccc2Cl)cc(I)c1OCc1ccccc1C. The highest BCUT2D eigenvalue weighted by Crippen LogP contribution is 2.36. The number of amides is 1. The molecule has 0 saturated carbocycles. The van der Waals surface area contributed by atoms with Gasteiger partial charge in [-0.25, -0.2) is 0 Å². The van der Waals surface area contributed by atoms with Crippen molar-refractivity contribution in [2.24, 2.45) is 0 Å². The topological polar surface area (TPSA) is 71.3 Å². The number of anilines is 1. The summed E-state index contributed by atoms with van der Waals surface area (Å²) in [5, 5.41) is 11.8. The maximum Gasteiger partial charge on any atom is 0.416 e. The second kappa shape index (κ2) is 12.3. The lowest BCUT2D eigenvalue weighted by Crippen LogP contribution is -2.15. The minimum atomic E-state index is -4.62. The number of nitriles is 1. The molecule has 10 heteroatoms. The largest absolute Gasteiger partial charge is 0.490 e. The number of hydrogen-bond acceptors (Lipinski definition) is 4. The second-order valence-electron chi connectivity index (χ2n) is 7.79. The molecule has 0 aliphatic carbocycles. The van der Waals surface area contributed by atoms with E-state index in [0.717, 1.165) is 23.3 Å². The summed E-state index contributed by atoms with van der Waals surface area (Å²) in [7, 11) is 0. The number of benzene rings is 3. The van der Waals surface area contributed by atoms with Gasteiger partial charge in [-0.05, 0) is 89.5 Å². The Morgan fingerprint density at radius 2 is 1.89 bits per heavy atom. The van der Waals surface area contributed by atoms with Gasteiger partial charge in [0, 0.05) is 0 Å². The first kappa shape index (κ1) is 28.3. The number of carbonyl (C=O) groups excluding carboxylic acids is 1. The van der Waals surface area contributed by atoms with Crippen LogP contribution < -0.4 is 14.8 Å². The predicted octanol–water partition coefficient (Wildman–Crippen LogP) is 7.80. The summed E-state index contributed by atoms with van der Waals surface area (Å²) in [4.78, 5) is 12.7. The zero-order chi connectivity index (χ0) is 27.2. The molecule has 5 nitrogen and oxygen atoms in total. The van der Waals surface area contributed by atoms with Crippen LogP contribution in [0, 0.1) is 21.8 Å². The normalized spacial score (nSPS) is 11.6. The average Bonchev–Trinajstić information content (AvgIpc) is 2.83. The fourth-order valence-electron chi connectivity index (χ4n) is 3.30. The Kier molecular flexibility index (Phi) is 9.45. The maximum absolute atomic E-state index is 13.0. The Bertz CT molecular complexity index is 1380. The molecule has 0 spiro atoms. The van der Waals surface area contributed by atoms with E-state index in [1.807, 2.05) is 38.1 Å². The van der Waals surface area contributed by atoms with E-state index in [-0.39, 0.29) is 16.3 Å². The predicted molar refractivity (Wildman–Crippen MR) is 145 cm³/mol. The van der Waals surface area contributed by atoms with E-state index >= 15 is 0 Å². The Morgan fingerprint density at radius 1 is 1.16 bits per heavy atom. The number of nitrogens with zero attached hydrogens (tertiary/aromatic N) is 1. The summed E-state index contributed by atoms with van der Waals surface area (Å²) in [5.74, 6) is 0.0333.